The van der Waals surface area contributed by atoms with Gasteiger partial charge in [0.15, 0.2) is 29.1 Å². The predicted molar refractivity (Wildman–Crippen MR) is 68.0 cm³/mol. The number of carbonyl (C=O) groups excluding carboxylic acids is 1. The molecule has 0 aliphatic heterocycles. The zero-order valence-electron chi connectivity index (χ0n) is 11.1. The Kier molecular flexibility index (Phi) is 4.08. The van der Waals surface area contributed by atoms with Crippen LogP contribution in [0.2, 0.25) is 0 Å². The van der Waals surface area contributed by atoms with E-state index in [1.54, 1.807) is 6.07 Å². The molecule has 0 radical (unpaired) electrons. The van der Waals surface area contributed by atoms with Gasteiger partial charge in [0, 0.05) is 13.2 Å². The average Bonchev–Trinajstić information content (AvgIpc) is 2.54. The molecule has 2 rings (SSSR count). The largest absolute Gasteiger partial charge is 0.295 e. The molecule has 1 aromatic heterocycles. The smallest absolute Gasteiger partial charge is 0.262 e. The van der Waals surface area contributed by atoms with Crippen LogP contribution in [0.5, 0.6) is 0 Å². The third kappa shape index (κ3) is 2.48. The maximum absolute atomic E-state index is 13.6. The minimum atomic E-state index is -2.08. The molecule has 0 aliphatic rings. The Morgan fingerprint density at radius 2 is 1.91 bits per heavy atom. The number of anilines is 1. The van der Waals surface area contributed by atoms with Crippen LogP contribution in [0, 0.1) is 34.6 Å². The van der Waals surface area contributed by atoms with Gasteiger partial charge in [0.05, 0.1) is 11.1 Å². The van der Waals surface area contributed by atoms with Gasteiger partial charge in [-0.05, 0) is 18.2 Å². The van der Waals surface area contributed by atoms with Gasteiger partial charge in [0.25, 0.3) is 5.91 Å². The van der Waals surface area contributed by atoms with Crippen molar-refractivity contribution in [3.8, 4) is 6.07 Å². The maximum atomic E-state index is 13.6. The van der Waals surface area contributed by atoms with Crippen LogP contribution in [0.4, 0.5) is 23.4 Å². The van der Waals surface area contributed by atoms with Crippen molar-refractivity contribution in [3.63, 3.8) is 0 Å². The fraction of sp³-hybridized carbons (Fsp3) is 0.0714. The van der Waals surface area contributed by atoms with Gasteiger partial charge in [-0.15, -0.1) is 0 Å². The van der Waals surface area contributed by atoms with Crippen molar-refractivity contribution in [3.05, 3.63) is 58.8 Å². The SMILES string of the molecule is CN(C(=O)c1cc(F)c(F)c(F)c1F)c1ncccc1C#N. The molecule has 0 N–H and O–H groups in total. The summed E-state index contributed by atoms with van der Waals surface area (Å²) in [5.41, 5.74) is -1.00. The molecule has 0 unspecified atom stereocenters. The highest BCUT2D eigenvalue weighted by Crippen LogP contribution is 2.22. The second kappa shape index (κ2) is 5.81. The summed E-state index contributed by atoms with van der Waals surface area (Å²) in [5.74, 6) is -8.90. The van der Waals surface area contributed by atoms with Gasteiger partial charge in [-0.1, -0.05) is 0 Å². The lowest BCUT2D eigenvalue weighted by atomic mass is 10.1. The summed E-state index contributed by atoms with van der Waals surface area (Å²) in [5, 5.41) is 8.93. The van der Waals surface area contributed by atoms with Crippen molar-refractivity contribution in [2.24, 2.45) is 0 Å². The number of pyridine rings is 1. The molecule has 0 aliphatic carbocycles. The topological polar surface area (TPSA) is 57.0 Å². The van der Waals surface area contributed by atoms with E-state index in [4.69, 9.17) is 5.26 Å². The van der Waals surface area contributed by atoms with Crippen LogP contribution >= 0.6 is 0 Å². The van der Waals surface area contributed by atoms with Crippen LogP contribution in [0.25, 0.3) is 0 Å². The maximum Gasteiger partial charge on any atom is 0.262 e. The van der Waals surface area contributed by atoms with E-state index in [-0.39, 0.29) is 17.4 Å². The lowest BCUT2D eigenvalue weighted by molar-refractivity contribution is 0.0986. The molecule has 0 saturated heterocycles. The fourth-order valence-electron chi connectivity index (χ4n) is 1.76. The van der Waals surface area contributed by atoms with Crippen LogP contribution in [0.1, 0.15) is 15.9 Å². The monoisotopic (exact) mass is 309 g/mol. The summed E-state index contributed by atoms with van der Waals surface area (Å²) in [6.07, 6.45) is 1.28. The molecule has 4 nitrogen and oxygen atoms in total. The summed E-state index contributed by atoms with van der Waals surface area (Å²) >= 11 is 0. The van der Waals surface area contributed by atoms with Gasteiger partial charge < -0.3 is 0 Å². The summed E-state index contributed by atoms with van der Waals surface area (Å²) < 4.78 is 52.9. The summed E-state index contributed by atoms with van der Waals surface area (Å²) in [4.78, 5) is 16.7. The Hall–Kier alpha value is -2.95. The van der Waals surface area contributed by atoms with Crippen molar-refractivity contribution < 1.29 is 22.4 Å². The Morgan fingerprint density at radius 3 is 2.55 bits per heavy atom. The molecule has 0 fully saturated rings. The van der Waals surface area contributed by atoms with E-state index in [1.807, 2.05) is 0 Å². The fourth-order valence-corrected chi connectivity index (χ4v) is 1.76. The molecule has 1 amide bonds. The Balaban J connectivity index is 2.51. The number of hydrogen-bond donors (Lipinski definition) is 0. The van der Waals surface area contributed by atoms with Crippen molar-refractivity contribution in [1.29, 1.82) is 5.26 Å². The first kappa shape index (κ1) is 15.4. The number of amides is 1. The first-order valence-corrected chi connectivity index (χ1v) is 5.84. The number of halogens is 4. The molecule has 0 spiro atoms. The predicted octanol–water partition coefficient (Wildman–Crippen LogP) is 2.79. The van der Waals surface area contributed by atoms with E-state index >= 15 is 0 Å². The molecule has 0 saturated carbocycles. The number of aromatic nitrogens is 1. The van der Waals surface area contributed by atoms with E-state index in [2.05, 4.69) is 4.98 Å². The summed E-state index contributed by atoms with van der Waals surface area (Å²) in [6, 6.07) is 4.82. The van der Waals surface area contributed by atoms with Crippen molar-refractivity contribution in [2.75, 3.05) is 11.9 Å². The zero-order valence-corrected chi connectivity index (χ0v) is 11.1. The highest BCUT2D eigenvalue weighted by atomic mass is 19.2. The third-order valence-corrected chi connectivity index (χ3v) is 2.86. The van der Waals surface area contributed by atoms with E-state index in [9.17, 15) is 22.4 Å². The van der Waals surface area contributed by atoms with Gasteiger partial charge in [-0.25, -0.2) is 22.5 Å². The molecule has 112 valence electrons. The Morgan fingerprint density at radius 1 is 1.23 bits per heavy atom. The number of nitrogens with zero attached hydrogens (tertiary/aromatic N) is 3. The third-order valence-electron chi connectivity index (χ3n) is 2.86. The van der Waals surface area contributed by atoms with E-state index in [0.29, 0.717) is 0 Å². The minimum absolute atomic E-state index is 0.00168. The highest BCUT2D eigenvalue weighted by molar-refractivity contribution is 6.06. The van der Waals surface area contributed by atoms with Gasteiger partial charge in [-0.3, -0.25) is 9.69 Å². The first-order chi connectivity index (χ1) is 10.4. The van der Waals surface area contributed by atoms with Crippen molar-refractivity contribution >= 4 is 11.7 Å². The highest BCUT2D eigenvalue weighted by Gasteiger charge is 2.26. The molecule has 0 bridgehead atoms. The van der Waals surface area contributed by atoms with Gasteiger partial charge in [-0.2, -0.15) is 5.26 Å². The molecule has 8 heteroatoms. The Labute approximate surface area is 122 Å². The normalized spacial score (nSPS) is 10.2. The molecule has 22 heavy (non-hydrogen) atoms. The van der Waals surface area contributed by atoms with Crippen molar-refractivity contribution in [2.45, 2.75) is 0 Å². The van der Waals surface area contributed by atoms with Crippen LogP contribution in [0.3, 0.4) is 0 Å². The van der Waals surface area contributed by atoms with Gasteiger partial charge in [0.2, 0.25) is 0 Å². The van der Waals surface area contributed by atoms with Gasteiger partial charge in [0.1, 0.15) is 6.07 Å². The number of nitriles is 1. The van der Waals surface area contributed by atoms with Crippen LogP contribution in [-0.2, 0) is 0 Å². The van der Waals surface area contributed by atoms with Crippen molar-refractivity contribution in [1.82, 2.24) is 4.98 Å². The summed E-state index contributed by atoms with van der Waals surface area (Å²) in [7, 11) is 1.14. The van der Waals surface area contributed by atoms with E-state index < -0.39 is 34.7 Å². The number of benzene rings is 1. The molecular weight excluding hydrogens is 302 g/mol. The zero-order chi connectivity index (χ0) is 16.4. The minimum Gasteiger partial charge on any atom is -0.295 e. The van der Waals surface area contributed by atoms with Crippen LogP contribution in [0.15, 0.2) is 24.4 Å². The number of rotatable bonds is 2. The van der Waals surface area contributed by atoms with Crippen LogP contribution in [-0.4, -0.2) is 17.9 Å². The molecule has 2 aromatic rings. The number of carbonyl (C=O) groups is 1. The molecule has 1 heterocycles. The lowest BCUT2D eigenvalue weighted by Crippen LogP contribution is -2.29. The van der Waals surface area contributed by atoms with E-state index in [1.165, 1.54) is 18.3 Å². The molecule has 0 atom stereocenters. The second-order valence-corrected chi connectivity index (χ2v) is 4.20. The lowest BCUT2D eigenvalue weighted by Gasteiger charge is -2.17. The second-order valence-electron chi connectivity index (χ2n) is 4.20. The van der Waals surface area contributed by atoms with E-state index in [0.717, 1.165) is 11.9 Å². The quantitative estimate of drug-likeness (QED) is 0.487. The summed E-state index contributed by atoms with van der Waals surface area (Å²) in [6.45, 7) is 0. The van der Waals surface area contributed by atoms with Gasteiger partial charge >= 0.3 is 0 Å². The number of hydrogen-bond acceptors (Lipinski definition) is 3. The Bertz CT molecular complexity index is 801. The molecule has 1 aromatic carbocycles. The first-order valence-electron chi connectivity index (χ1n) is 5.84. The molecular formula is C14H7F4N3O. The standard InChI is InChI=1S/C14H7F4N3O/c1-21(13-7(6-19)3-2-4-20-13)14(22)8-5-9(15)11(17)12(18)10(8)16/h2-5H,1H3. The van der Waals surface area contributed by atoms with Crippen LogP contribution < -0.4 is 4.90 Å². The average molecular weight is 309 g/mol.